The predicted molar refractivity (Wildman–Crippen MR) is 83.9 cm³/mol. The lowest BCUT2D eigenvalue weighted by Crippen LogP contribution is -2.05. The fourth-order valence-corrected chi connectivity index (χ4v) is 2.88. The van der Waals surface area contributed by atoms with E-state index < -0.39 is 9.84 Å². The van der Waals surface area contributed by atoms with Gasteiger partial charge in [-0.3, -0.25) is 4.79 Å². The Morgan fingerprint density at radius 2 is 1.57 bits per heavy atom. The van der Waals surface area contributed by atoms with Crippen molar-refractivity contribution in [3.63, 3.8) is 0 Å². The summed E-state index contributed by atoms with van der Waals surface area (Å²) in [6.45, 7) is 3.66. The molecule has 0 saturated heterocycles. The normalized spacial score (nSPS) is 11.4. The zero-order chi connectivity index (χ0) is 15.8. The summed E-state index contributed by atoms with van der Waals surface area (Å²) < 4.78 is 22.8. The molecule has 0 N–H and O–H groups in total. The fourth-order valence-electron chi connectivity index (χ4n) is 2.03. The van der Waals surface area contributed by atoms with E-state index >= 15 is 0 Å². The SMILES string of the molecule is Cc1cc(C(=O)c2ccc(S(C)(=O)=O)cc2)c(C)cc1Cl. The average molecular weight is 323 g/mol. The maximum atomic E-state index is 12.5. The molecule has 5 heteroatoms. The molecule has 0 aliphatic rings. The Kier molecular flexibility index (Phi) is 4.21. The maximum Gasteiger partial charge on any atom is 0.193 e. The molecule has 2 rings (SSSR count). The molecule has 0 saturated carbocycles. The second-order valence-corrected chi connectivity index (χ2v) is 7.46. The molecule has 2 aromatic rings. The Labute approximate surface area is 129 Å². The van der Waals surface area contributed by atoms with Crippen LogP contribution in [-0.4, -0.2) is 20.5 Å². The third-order valence-electron chi connectivity index (χ3n) is 3.29. The molecular weight excluding hydrogens is 308 g/mol. The van der Waals surface area contributed by atoms with Gasteiger partial charge in [-0.05, 0) is 61.4 Å². The minimum absolute atomic E-state index is 0.146. The van der Waals surface area contributed by atoms with Gasteiger partial charge in [0.1, 0.15) is 0 Å². The van der Waals surface area contributed by atoms with E-state index in [0.29, 0.717) is 16.1 Å². The second kappa shape index (κ2) is 5.62. The molecule has 0 heterocycles. The number of halogens is 1. The summed E-state index contributed by atoms with van der Waals surface area (Å²) in [4.78, 5) is 12.7. The lowest BCUT2D eigenvalue weighted by atomic mass is 9.97. The summed E-state index contributed by atoms with van der Waals surface area (Å²) in [6.07, 6.45) is 1.14. The number of carbonyl (C=O) groups excluding carboxylic acids is 1. The van der Waals surface area contributed by atoms with Crippen LogP contribution in [0.2, 0.25) is 5.02 Å². The van der Waals surface area contributed by atoms with Crippen LogP contribution in [0.3, 0.4) is 0 Å². The van der Waals surface area contributed by atoms with E-state index in [4.69, 9.17) is 11.6 Å². The predicted octanol–water partition coefficient (Wildman–Crippen LogP) is 3.59. The Hall–Kier alpha value is -1.65. The van der Waals surface area contributed by atoms with E-state index in [0.717, 1.165) is 17.4 Å². The van der Waals surface area contributed by atoms with Crippen molar-refractivity contribution in [1.82, 2.24) is 0 Å². The van der Waals surface area contributed by atoms with Crippen molar-refractivity contribution < 1.29 is 13.2 Å². The number of aryl methyl sites for hydroxylation is 2. The van der Waals surface area contributed by atoms with Crippen LogP contribution in [0.15, 0.2) is 41.3 Å². The topological polar surface area (TPSA) is 51.2 Å². The largest absolute Gasteiger partial charge is 0.289 e. The van der Waals surface area contributed by atoms with Gasteiger partial charge in [-0.15, -0.1) is 0 Å². The highest BCUT2D eigenvalue weighted by Gasteiger charge is 2.15. The highest BCUT2D eigenvalue weighted by atomic mass is 35.5. The minimum Gasteiger partial charge on any atom is -0.289 e. The lowest BCUT2D eigenvalue weighted by Gasteiger charge is -2.08. The Morgan fingerprint density at radius 1 is 1.00 bits per heavy atom. The molecule has 0 spiro atoms. The number of sulfone groups is 1. The van der Waals surface area contributed by atoms with Gasteiger partial charge in [0.15, 0.2) is 15.6 Å². The molecular formula is C16H15ClO3S. The van der Waals surface area contributed by atoms with Gasteiger partial charge in [0.05, 0.1) is 4.90 Å². The zero-order valence-corrected chi connectivity index (χ0v) is 13.5. The summed E-state index contributed by atoms with van der Waals surface area (Å²) in [7, 11) is -3.26. The Bertz CT molecular complexity index is 806. The van der Waals surface area contributed by atoms with Gasteiger partial charge in [0, 0.05) is 22.4 Å². The van der Waals surface area contributed by atoms with Crippen LogP contribution in [0.1, 0.15) is 27.0 Å². The van der Waals surface area contributed by atoms with Crippen molar-refractivity contribution in [2.24, 2.45) is 0 Å². The average Bonchev–Trinajstić information content (AvgIpc) is 2.41. The molecule has 0 fully saturated rings. The maximum absolute atomic E-state index is 12.5. The molecule has 110 valence electrons. The van der Waals surface area contributed by atoms with Crippen molar-refractivity contribution in [2.45, 2.75) is 18.7 Å². The van der Waals surface area contributed by atoms with Gasteiger partial charge in [0.2, 0.25) is 0 Å². The Balaban J connectivity index is 2.44. The van der Waals surface area contributed by atoms with Gasteiger partial charge >= 0.3 is 0 Å². The monoisotopic (exact) mass is 322 g/mol. The van der Waals surface area contributed by atoms with Crippen molar-refractivity contribution in [2.75, 3.05) is 6.26 Å². The number of carbonyl (C=O) groups is 1. The van der Waals surface area contributed by atoms with Crippen LogP contribution in [0.5, 0.6) is 0 Å². The van der Waals surface area contributed by atoms with Crippen LogP contribution in [0, 0.1) is 13.8 Å². The van der Waals surface area contributed by atoms with E-state index in [-0.39, 0.29) is 10.7 Å². The number of rotatable bonds is 3. The number of ketones is 1. The van der Waals surface area contributed by atoms with Crippen LogP contribution in [0.25, 0.3) is 0 Å². The quantitative estimate of drug-likeness (QED) is 0.811. The third kappa shape index (κ3) is 3.34. The van der Waals surface area contributed by atoms with E-state index in [1.54, 1.807) is 12.1 Å². The first-order valence-corrected chi connectivity index (χ1v) is 8.58. The van der Waals surface area contributed by atoms with Gasteiger partial charge in [-0.2, -0.15) is 0 Å². The second-order valence-electron chi connectivity index (χ2n) is 5.04. The van der Waals surface area contributed by atoms with Crippen LogP contribution in [0.4, 0.5) is 0 Å². The first kappa shape index (κ1) is 15.7. The van der Waals surface area contributed by atoms with Crippen molar-refractivity contribution in [1.29, 1.82) is 0 Å². The van der Waals surface area contributed by atoms with Crippen LogP contribution >= 0.6 is 11.6 Å². The number of hydrogen-bond donors (Lipinski definition) is 0. The third-order valence-corrected chi connectivity index (χ3v) is 4.83. The van der Waals surface area contributed by atoms with Gasteiger partial charge < -0.3 is 0 Å². The van der Waals surface area contributed by atoms with Crippen molar-refractivity contribution in [3.8, 4) is 0 Å². The molecule has 0 atom stereocenters. The first-order chi connectivity index (χ1) is 9.70. The number of hydrogen-bond acceptors (Lipinski definition) is 3. The van der Waals surface area contributed by atoms with E-state index in [1.165, 1.54) is 24.3 Å². The summed E-state index contributed by atoms with van der Waals surface area (Å²) in [6, 6.07) is 9.46. The summed E-state index contributed by atoms with van der Waals surface area (Å²) in [5.41, 5.74) is 2.65. The molecule has 0 aromatic heterocycles. The van der Waals surface area contributed by atoms with Gasteiger partial charge in [-0.1, -0.05) is 11.6 Å². The van der Waals surface area contributed by atoms with E-state index in [1.807, 2.05) is 13.8 Å². The van der Waals surface area contributed by atoms with Crippen LogP contribution in [-0.2, 0) is 9.84 Å². The first-order valence-electron chi connectivity index (χ1n) is 6.31. The highest BCUT2D eigenvalue weighted by molar-refractivity contribution is 7.90. The minimum atomic E-state index is -3.26. The summed E-state index contributed by atoms with van der Waals surface area (Å²) in [5.74, 6) is -0.146. The fraction of sp³-hybridized carbons (Fsp3) is 0.188. The van der Waals surface area contributed by atoms with Gasteiger partial charge in [0.25, 0.3) is 0 Å². The summed E-state index contributed by atoms with van der Waals surface area (Å²) >= 11 is 6.03. The van der Waals surface area contributed by atoms with Gasteiger partial charge in [-0.25, -0.2) is 8.42 Å². The molecule has 21 heavy (non-hydrogen) atoms. The highest BCUT2D eigenvalue weighted by Crippen LogP contribution is 2.23. The molecule has 0 unspecified atom stereocenters. The summed E-state index contributed by atoms with van der Waals surface area (Å²) in [5, 5.41) is 0.622. The molecule has 2 aromatic carbocycles. The smallest absolute Gasteiger partial charge is 0.193 e. The Morgan fingerprint density at radius 3 is 2.10 bits per heavy atom. The molecule has 0 amide bonds. The zero-order valence-electron chi connectivity index (χ0n) is 12.0. The molecule has 0 radical (unpaired) electrons. The molecule has 3 nitrogen and oxygen atoms in total. The standard InChI is InChI=1S/C16H15ClO3S/c1-10-9-15(17)11(2)8-14(10)16(18)12-4-6-13(7-5-12)21(3,19)20/h4-9H,1-3H3. The van der Waals surface area contributed by atoms with Crippen molar-refractivity contribution in [3.05, 3.63) is 63.7 Å². The van der Waals surface area contributed by atoms with Crippen molar-refractivity contribution >= 4 is 27.2 Å². The van der Waals surface area contributed by atoms with Crippen LogP contribution < -0.4 is 0 Å². The molecule has 0 bridgehead atoms. The molecule has 0 aliphatic carbocycles. The lowest BCUT2D eigenvalue weighted by molar-refractivity contribution is 0.103. The molecule has 0 aliphatic heterocycles. The number of benzene rings is 2. The van der Waals surface area contributed by atoms with E-state index in [2.05, 4.69) is 0 Å². The van der Waals surface area contributed by atoms with E-state index in [9.17, 15) is 13.2 Å².